The first-order valence-corrected chi connectivity index (χ1v) is 9.26. The number of benzene rings is 3. The maximum absolute atomic E-state index is 12.7. The molecule has 0 saturated heterocycles. The van der Waals surface area contributed by atoms with Crippen LogP contribution in [0.1, 0.15) is 19.4 Å². The van der Waals surface area contributed by atoms with Gasteiger partial charge in [0.1, 0.15) is 16.9 Å². The number of hydrogen-bond donors (Lipinski definition) is 1. The third kappa shape index (κ3) is 2.43. The molecule has 0 spiro atoms. The first-order chi connectivity index (χ1) is 13.5. The highest BCUT2D eigenvalue weighted by Gasteiger charge is 2.38. The van der Waals surface area contributed by atoms with E-state index in [1.807, 2.05) is 68.4 Å². The van der Waals surface area contributed by atoms with Crippen molar-refractivity contribution in [3.05, 3.63) is 70.6 Å². The van der Waals surface area contributed by atoms with Gasteiger partial charge in [0.25, 0.3) is 0 Å². The summed E-state index contributed by atoms with van der Waals surface area (Å²) in [6, 6.07) is 17.0. The van der Waals surface area contributed by atoms with Crippen molar-refractivity contribution < 1.29 is 14.3 Å². The minimum Gasteiger partial charge on any atom is -0.484 e. The quantitative estimate of drug-likeness (QED) is 0.509. The van der Waals surface area contributed by atoms with E-state index in [2.05, 4.69) is 0 Å². The Hall–Kier alpha value is -3.18. The zero-order valence-corrected chi connectivity index (χ0v) is 15.6. The Morgan fingerprint density at radius 2 is 1.71 bits per heavy atom. The molecule has 1 unspecified atom stereocenters. The van der Waals surface area contributed by atoms with Crippen molar-refractivity contribution in [3.8, 4) is 17.0 Å². The smallest absolute Gasteiger partial charge is 0.363 e. The number of nitrogens with zero attached hydrogens (tertiary/aromatic N) is 1. The minimum absolute atomic E-state index is 0.274. The van der Waals surface area contributed by atoms with E-state index in [1.54, 1.807) is 0 Å². The zero-order chi connectivity index (χ0) is 19.5. The Morgan fingerprint density at radius 1 is 1.04 bits per heavy atom. The Morgan fingerprint density at radius 3 is 2.46 bits per heavy atom. The molecule has 5 heteroatoms. The topological polar surface area (TPSA) is 72.6 Å². The van der Waals surface area contributed by atoms with E-state index in [-0.39, 0.29) is 5.69 Å². The zero-order valence-electron chi connectivity index (χ0n) is 15.6. The van der Waals surface area contributed by atoms with Gasteiger partial charge in [0.2, 0.25) is 0 Å². The molecule has 0 saturated carbocycles. The molecule has 0 radical (unpaired) electrons. The van der Waals surface area contributed by atoms with Crippen molar-refractivity contribution in [1.29, 1.82) is 0 Å². The summed E-state index contributed by atoms with van der Waals surface area (Å²) in [5.74, 6) is 0.649. The van der Waals surface area contributed by atoms with Crippen molar-refractivity contribution in [2.45, 2.75) is 32.0 Å². The van der Waals surface area contributed by atoms with Crippen LogP contribution in [-0.2, 0) is 6.42 Å². The average Bonchev–Trinajstić information content (AvgIpc) is 2.70. The molecule has 1 atom stereocenters. The normalized spacial score (nSPS) is 18.0. The summed E-state index contributed by atoms with van der Waals surface area (Å²) < 4.78 is 11.9. The van der Waals surface area contributed by atoms with Gasteiger partial charge < -0.3 is 14.3 Å². The maximum atomic E-state index is 12.7. The lowest BCUT2D eigenvalue weighted by atomic mass is 9.88. The van der Waals surface area contributed by atoms with Crippen LogP contribution in [0.2, 0.25) is 0 Å². The Bertz CT molecular complexity index is 1270. The standard InChI is InChI=1S/C23H19NO4/c1-23(2)17(25)12-16-20(28-23)15-11-7-6-10-14(15)19-21(16)27-22(26)18(24-19)13-8-4-3-5-9-13/h3-11,17,25H,12H2,1-2H3. The molecule has 0 bridgehead atoms. The van der Waals surface area contributed by atoms with Gasteiger partial charge >= 0.3 is 5.63 Å². The first kappa shape index (κ1) is 17.0. The highest BCUT2D eigenvalue weighted by Crippen LogP contribution is 2.43. The second-order valence-corrected chi connectivity index (χ2v) is 7.67. The highest BCUT2D eigenvalue weighted by atomic mass is 16.5. The minimum atomic E-state index is -0.735. The summed E-state index contributed by atoms with van der Waals surface area (Å²) in [7, 11) is 0. The summed E-state index contributed by atoms with van der Waals surface area (Å²) in [6.45, 7) is 3.71. The van der Waals surface area contributed by atoms with Gasteiger partial charge in [-0.25, -0.2) is 9.78 Å². The third-order valence-electron chi connectivity index (χ3n) is 5.41. The number of aliphatic hydroxyl groups is 1. The molecule has 4 aromatic rings. The second kappa shape index (κ2) is 5.91. The van der Waals surface area contributed by atoms with Crippen molar-refractivity contribution in [2.75, 3.05) is 0 Å². The summed E-state index contributed by atoms with van der Waals surface area (Å²) in [5, 5.41) is 12.3. The molecule has 1 aliphatic rings. The molecule has 0 amide bonds. The number of aromatic nitrogens is 1. The van der Waals surface area contributed by atoms with Crippen LogP contribution in [0.5, 0.6) is 5.75 Å². The molecule has 5 rings (SSSR count). The lowest BCUT2D eigenvalue weighted by Crippen LogP contribution is -2.46. The largest absolute Gasteiger partial charge is 0.484 e. The predicted octanol–water partition coefficient (Wildman–Crippen LogP) is 4.08. The summed E-state index contributed by atoms with van der Waals surface area (Å²) in [5.41, 5.74) is 1.41. The van der Waals surface area contributed by atoms with E-state index < -0.39 is 17.3 Å². The molecule has 1 aromatic heterocycles. The van der Waals surface area contributed by atoms with Gasteiger partial charge in [0.05, 0.1) is 6.10 Å². The molecule has 0 fully saturated rings. The lowest BCUT2D eigenvalue weighted by Gasteiger charge is -2.37. The van der Waals surface area contributed by atoms with Gasteiger partial charge in [-0.2, -0.15) is 0 Å². The highest BCUT2D eigenvalue weighted by molar-refractivity contribution is 6.08. The van der Waals surface area contributed by atoms with E-state index >= 15 is 0 Å². The fraction of sp³-hybridized carbons (Fsp3) is 0.217. The van der Waals surface area contributed by atoms with E-state index in [9.17, 15) is 9.90 Å². The fourth-order valence-electron chi connectivity index (χ4n) is 3.79. The molecule has 1 aliphatic heterocycles. The Labute approximate surface area is 161 Å². The van der Waals surface area contributed by atoms with Gasteiger partial charge in [-0.1, -0.05) is 54.6 Å². The molecular formula is C23H19NO4. The number of ether oxygens (including phenoxy) is 1. The SMILES string of the molecule is CC1(C)Oc2c(c3oc(=O)c(-c4ccccc4)nc3c3ccccc23)CC1O. The number of hydrogen-bond acceptors (Lipinski definition) is 5. The third-order valence-corrected chi connectivity index (χ3v) is 5.41. The van der Waals surface area contributed by atoms with Crippen LogP contribution in [0.3, 0.4) is 0 Å². The van der Waals surface area contributed by atoms with Crippen LogP contribution in [0.25, 0.3) is 33.1 Å². The van der Waals surface area contributed by atoms with Gasteiger partial charge in [-0.15, -0.1) is 0 Å². The number of aliphatic hydroxyl groups excluding tert-OH is 1. The fourth-order valence-corrected chi connectivity index (χ4v) is 3.79. The van der Waals surface area contributed by atoms with Crippen molar-refractivity contribution in [1.82, 2.24) is 4.98 Å². The van der Waals surface area contributed by atoms with Crippen molar-refractivity contribution in [2.24, 2.45) is 0 Å². The van der Waals surface area contributed by atoms with Crippen molar-refractivity contribution in [3.63, 3.8) is 0 Å². The molecule has 1 N–H and O–H groups in total. The Balaban J connectivity index is 1.90. The molecule has 5 nitrogen and oxygen atoms in total. The molecule has 2 heterocycles. The Kier molecular flexibility index (Phi) is 3.58. The van der Waals surface area contributed by atoms with Crippen LogP contribution in [0.15, 0.2) is 63.8 Å². The lowest BCUT2D eigenvalue weighted by molar-refractivity contribution is -0.0398. The molecule has 140 valence electrons. The second-order valence-electron chi connectivity index (χ2n) is 7.67. The number of fused-ring (bicyclic) bond motifs is 6. The van der Waals surface area contributed by atoms with E-state index in [4.69, 9.17) is 14.1 Å². The predicted molar refractivity (Wildman–Crippen MR) is 108 cm³/mol. The average molecular weight is 373 g/mol. The van der Waals surface area contributed by atoms with Crippen LogP contribution in [0, 0.1) is 0 Å². The van der Waals surface area contributed by atoms with Crippen LogP contribution in [0.4, 0.5) is 0 Å². The van der Waals surface area contributed by atoms with Gasteiger partial charge in [0, 0.05) is 28.3 Å². The van der Waals surface area contributed by atoms with E-state index in [0.29, 0.717) is 34.4 Å². The summed E-state index contributed by atoms with van der Waals surface area (Å²) in [4.78, 5) is 17.4. The first-order valence-electron chi connectivity index (χ1n) is 9.26. The maximum Gasteiger partial charge on any atom is 0.363 e. The van der Waals surface area contributed by atoms with Gasteiger partial charge in [-0.3, -0.25) is 0 Å². The summed E-state index contributed by atoms with van der Waals surface area (Å²) in [6.07, 6.45) is -0.387. The van der Waals surface area contributed by atoms with E-state index in [1.165, 1.54) is 0 Å². The van der Waals surface area contributed by atoms with Crippen LogP contribution < -0.4 is 10.4 Å². The molecular weight excluding hydrogens is 354 g/mol. The molecule has 28 heavy (non-hydrogen) atoms. The van der Waals surface area contributed by atoms with Gasteiger partial charge in [0.15, 0.2) is 11.3 Å². The van der Waals surface area contributed by atoms with Crippen molar-refractivity contribution >= 4 is 21.9 Å². The van der Waals surface area contributed by atoms with Crippen LogP contribution in [-0.4, -0.2) is 21.8 Å². The summed E-state index contributed by atoms with van der Waals surface area (Å²) >= 11 is 0. The van der Waals surface area contributed by atoms with Crippen LogP contribution >= 0.6 is 0 Å². The molecule has 3 aromatic carbocycles. The van der Waals surface area contributed by atoms with E-state index in [0.717, 1.165) is 10.8 Å². The van der Waals surface area contributed by atoms with Gasteiger partial charge in [-0.05, 0) is 13.8 Å². The number of rotatable bonds is 1. The monoisotopic (exact) mass is 373 g/mol. The molecule has 0 aliphatic carbocycles.